The van der Waals surface area contributed by atoms with Crippen molar-refractivity contribution in [1.29, 1.82) is 0 Å². The van der Waals surface area contributed by atoms with Crippen LogP contribution in [0.2, 0.25) is 0 Å². The first kappa shape index (κ1) is 12.0. The van der Waals surface area contributed by atoms with Crippen LogP contribution in [0.4, 0.5) is 0 Å². The van der Waals surface area contributed by atoms with Gasteiger partial charge in [-0.05, 0) is 38.3 Å². The molecule has 1 heteroatoms. The van der Waals surface area contributed by atoms with Crippen LogP contribution in [0.5, 0.6) is 0 Å². The Bertz CT molecular complexity index is 114. The van der Waals surface area contributed by atoms with Gasteiger partial charge in [0.25, 0.3) is 0 Å². The van der Waals surface area contributed by atoms with E-state index in [0.29, 0.717) is 0 Å². The summed E-state index contributed by atoms with van der Waals surface area (Å²) < 4.78 is 0. The Labute approximate surface area is 89.7 Å². The smallest absolute Gasteiger partial charge is 0.00205 e. The van der Waals surface area contributed by atoms with Gasteiger partial charge in [-0.15, -0.1) is 0 Å². The van der Waals surface area contributed by atoms with Gasteiger partial charge in [-0.25, -0.2) is 0 Å². The van der Waals surface area contributed by atoms with Gasteiger partial charge in [0, 0.05) is 0 Å². The summed E-state index contributed by atoms with van der Waals surface area (Å²) in [4.78, 5) is 0. The first-order valence-electron chi connectivity index (χ1n) is 6.64. The van der Waals surface area contributed by atoms with Gasteiger partial charge in [0.1, 0.15) is 0 Å². The topological polar surface area (TPSA) is 12.0 Å². The molecule has 0 unspecified atom stereocenters. The minimum Gasteiger partial charge on any atom is -0.316 e. The van der Waals surface area contributed by atoms with Gasteiger partial charge in [-0.1, -0.05) is 45.4 Å². The summed E-state index contributed by atoms with van der Waals surface area (Å²) in [6.07, 6.45) is 13.0. The molecule has 1 rings (SSSR count). The van der Waals surface area contributed by atoms with E-state index in [1.165, 1.54) is 70.9 Å². The van der Waals surface area contributed by atoms with Crippen LogP contribution in [0.15, 0.2) is 0 Å². The Morgan fingerprint density at radius 2 is 1.64 bits per heavy atom. The van der Waals surface area contributed by atoms with Gasteiger partial charge in [0.2, 0.25) is 0 Å². The number of nitrogens with one attached hydrogen (secondary N) is 1. The maximum absolute atomic E-state index is 3.60. The fourth-order valence-electron chi connectivity index (χ4n) is 2.35. The Morgan fingerprint density at radius 3 is 2.29 bits per heavy atom. The van der Waals surface area contributed by atoms with Crippen molar-refractivity contribution in [3.8, 4) is 0 Å². The highest BCUT2D eigenvalue weighted by molar-refractivity contribution is 4.66. The van der Waals surface area contributed by atoms with Crippen LogP contribution in [-0.2, 0) is 0 Å². The summed E-state index contributed by atoms with van der Waals surface area (Å²) in [7, 11) is 0. The molecule has 0 aromatic heterocycles. The molecule has 84 valence electrons. The molecule has 0 spiro atoms. The van der Waals surface area contributed by atoms with Gasteiger partial charge in [-0.2, -0.15) is 0 Å². The third-order valence-electron chi connectivity index (χ3n) is 3.36. The molecule has 0 atom stereocenters. The Morgan fingerprint density at radius 1 is 1.00 bits per heavy atom. The van der Waals surface area contributed by atoms with E-state index in [9.17, 15) is 0 Å². The zero-order valence-electron chi connectivity index (χ0n) is 9.86. The lowest BCUT2D eigenvalue weighted by Gasteiger charge is -2.19. The molecular weight excluding hydrogens is 170 g/mol. The zero-order valence-corrected chi connectivity index (χ0v) is 9.86. The van der Waals surface area contributed by atoms with E-state index < -0.39 is 0 Å². The van der Waals surface area contributed by atoms with E-state index in [4.69, 9.17) is 0 Å². The molecule has 0 aromatic rings. The van der Waals surface area contributed by atoms with Crippen molar-refractivity contribution in [2.45, 2.75) is 64.7 Å². The van der Waals surface area contributed by atoms with Crippen LogP contribution < -0.4 is 5.32 Å². The van der Waals surface area contributed by atoms with Crippen molar-refractivity contribution < 1.29 is 0 Å². The Balaban J connectivity index is 2.02. The Kier molecular flexibility index (Phi) is 7.12. The molecule has 0 aliphatic heterocycles. The first-order valence-corrected chi connectivity index (χ1v) is 6.64. The third kappa shape index (κ3) is 5.64. The van der Waals surface area contributed by atoms with Gasteiger partial charge in [0.15, 0.2) is 0 Å². The highest BCUT2D eigenvalue weighted by Gasteiger charge is 2.10. The predicted octanol–water partition coefficient (Wildman–Crippen LogP) is 3.74. The third-order valence-corrected chi connectivity index (χ3v) is 3.36. The molecule has 1 N–H and O–H groups in total. The van der Waals surface area contributed by atoms with Gasteiger partial charge < -0.3 is 5.32 Å². The molecule has 0 bridgehead atoms. The predicted molar refractivity (Wildman–Crippen MR) is 63.6 cm³/mol. The highest BCUT2D eigenvalue weighted by Crippen LogP contribution is 2.21. The number of unbranched alkanes of at least 4 members (excludes halogenated alkanes) is 1. The van der Waals surface area contributed by atoms with Gasteiger partial charge >= 0.3 is 0 Å². The summed E-state index contributed by atoms with van der Waals surface area (Å²) in [6.45, 7) is 4.77. The second-order valence-electron chi connectivity index (χ2n) is 4.77. The van der Waals surface area contributed by atoms with E-state index in [2.05, 4.69) is 12.2 Å². The fourth-order valence-corrected chi connectivity index (χ4v) is 2.35. The van der Waals surface area contributed by atoms with Crippen LogP contribution in [0.3, 0.4) is 0 Å². The molecule has 0 amide bonds. The number of hydrogen-bond acceptors (Lipinski definition) is 1. The fraction of sp³-hybridized carbons (Fsp3) is 1.00. The van der Waals surface area contributed by atoms with Crippen molar-refractivity contribution in [2.75, 3.05) is 13.1 Å². The highest BCUT2D eigenvalue weighted by atomic mass is 14.8. The van der Waals surface area contributed by atoms with Crippen molar-refractivity contribution in [3.63, 3.8) is 0 Å². The molecule has 1 saturated carbocycles. The quantitative estimate of drug-likeness (QED) is 0.662. The van der Waals surface area contributed by atoms with Crippen LogP contribution in [0.25, 0.3) is 0 Å². The van der Waals surface area contributed by atoms with E-state index in [1.54, 1.807) is 0 Å². The van der Waals surface area contributed by atoms with E-state index >= 15 is 0 Å². The largest absolute Gasteiger partial charge is 0.316 e. The first-order chi connectivity index (χ1) is 6.93. The minimum absolute atomic E-state index is 0.979. The van der Waals surface area contributed by atoms with E-state index in [-0.39, 0.29) is 0 Å². The van der Waals surface area contributed by atoms with Crippen LogP contribution in [-0.4, -0.2) is 13.1 Å². The van der Waals surface area contributed by atoms with E-state index in [1.807, 2.05) is 0 Å². The molecule has 14 heavy (non-hydrogen) atoms. The van der Waals surface area contributed by atoms with E-state index in [0.717, 1.165) is 5.92 Å². The SMILES string of the molecule is CCCCNCC1CCCCCCC1. The van der Waals surface area contributed by atoms with Crippen molar-refractivity contribution in [3.05, 3.63) is 0 Å². The maximum Gasteiger partial charge on any atom is -0.00205 e. The lowest BCUT2D eigenvalue weighted by Crippen LogP contribution is -2.24. The normalized spacial score (nSPS) is 20.4. The van der Waals surface area contributed by atoms with Crippen molar-refractivity contribution in [1.82, 2.24) is 5.32 Å². The molecule has 1 aliphatic carbocycles. The summed E-state index contributed by atoms with van der Waals surface area (Å²) in [6, 6.07) is 0. The minimum atomic E-state index is 0.979. The van der Waals surface area contributed by atoms with Gasteiger partial charge in [0.05, 0.1) is 0 Å². The second-order valence-corrected chi connectivity index (χ2v) is 4.77. The lowest BCUT2D eigenvalue weighted by molar-refractivity contribution is 0.360. The van der Waals surface area contributed by atoms with Crippen LogP contribution in [0.1, 0.15) is 64.7 Å². The number of hydrogen-bond donors (Lipinski definition) is 1. The molecule has 1 nitrogen and oxygen atoms in total. The molecule has 1 aliphatic rings. The maximum atomic E-state index is 3.60. The molecule has 0 aromatic carbocycles. The summed E-state index contributed by atoms with van der Waals surface area (Å²) in [5.74, 6) is 0.979. The van der Waals surface area contributed by atoms with Crippen LogP contribution >= 0.6 is 0 Å². The standard InChI is InChI=1S/C13H27N/c1-2-3-11-14-12-13-9-7-5-4-6-8-10-13/h13-14H,2-12H2,1H3. The second kappa shape index (κ2) is 8.28. The van der Waals surface area contributed by atoms with Gasteiger partial charge in [-0.3, -0.25) is 0 Å². The molecule has 0 saturated heterocycles. The summed E-state index contributed by atoms with van der Waals surface area (Å²) >= 11 is 0. The Hall–Kier alpha value is -0.0400. The number of rotatable bonds is 5. The molecule has 0 radical (unpaired) electrons. The lowest BCUT2D eigenvalue weighted by atomic mass is 9.91. The van der Waals surface area contributed by atoms with Crippen molar-refractivity contribution >= 4 is 0 Å². The zero-order chi connectivity index (χ0) is 10.1. The summed E-state index contributed by atoms with van der Waals surface area (Å²) in [5, 5.41) is 3.60. The molecule has 0 heterocycles. The van der Waals surface area contributed by atoms with Crippen molar-refractivity contribution in [2.24, 2.45) is 5.92 Å². The van der Waals surface area contributed by atoms with Crippen LogP contribution in [0, 0.1) is 5.92 Å². The summed E-state index contributed by atoms with van der Waals surface area (Å²) in [5.41, 5.74) is 0. The average Bonchev–Trinajstić information content (AvgIpc) is 2.15. The molecular formula is C13H27N. The molecule has 1 fully saturated rings. The monoisotopic (exact) mass is 197 g/mol. The average molecular weight is 197 g/mol.